The van der Waals surface area contributed by atoms with Crippen LogP contribution in [0.15, 0.2) is 0 Å². The molecule has 0 spiro atoms. The summed E-state index contributed by atoms with van der Waals surface area (Å²) in [5.74, 6) is 2.90. The molecule has 0 aromatic carbocycles. The molecule has 1 aliphatic heterocycles. The van der Waals surface area contributed by atoms with Crippen LogP contribution in [0, 0.1) is 28.6 Å². The first-order chi connectivity index (χ1) is 9.13. The first-order valence-corrected chi connectivity index (χ1v) is 8.75. The normalized spacial score (nSPS) is 57.2. The summed E-state index contributed by atoms with van der Waals surface area (Å²) in [6.45, 7) is 6.19. The van der Waals surface area contributed by atoms with Gasteiger partial charge in [0.1, 0.15) is 0 Å². The van der Waals surface area contributed by atoms with Crippen LogP contribution in [-0.2, 0) is 4.74 Å². The Kier molecular flexibility index (Phi) is 2.82. The number of rotatable bonds is 0. The SMILES string of the molecule is C[C@@]12CCO[C@H]1[C@@H]1CCC3CCCC[C@]3(C)[C@H]1CC2. The monoisotopic (exact) mass is 262 g/mol. The lowest BCUT2D eigenvalue weighted by Gasteiger charge is -2.59. The van der Waals surface area contributed by atoms with Crippen molar-refractivity contribution in [2.24, 2.45) is 28.6 Å². The summed E-state index contributed by atoms with van der Waals surface area (Å²) in [6.07, 6.45) is 13.8. The molecule has 6 atom stereocenters. The third-order valence-corrected chi connectivity index (χ3v) is 7.74. The topological polar surface area (TPSA) is 9.23 Å². The Bertz CT molecular complexity index is 365. The van der Waals surface area contributed by atoms with E-state index in [1.165, 1.54) is 57.8 Å². The molecule has 0 radical (unpaired) electrons. The van der Waals surface area contributed by atoms with Gasteiger partial charge in [-0.3, -0.25) is 0 Å². The van der Waals surface area contributed by atoms with E-state index in [-0.39, 0.29) is 0 Å². The molecular weight excluding hydrogens is 232 g/mol. The van der Waals surface area contributed by atoms with Crippen LogP contribution >= 0.6 is 0 Å². The third kappa shape index (κ3) is 1.69. The zero-order chi connectivity index (χ0) is 13.1. The maximum atomic E-state index is 6.25. The Morgan fingerprint density at radius 2 is 1.79 bits per heavy atom. The van der Waals surface area contributed by atoms with Gasteiger partial charge in [0.25, 0.3) is 0 Å². The van der Waals surface area contributed by atoms with Gasteiger partial charge in [-0.2, -0.15) is 0 Å². The van der Waals surface area contributed by atoms with Gasteiger partial charge in [0.05, 0.1) is 6.10 Å². The van der Waals surface area contributed by atoms with Crippen molar-refractivity contribution in [1.29, 1.82) is 0 Å². The Balaban J connectivity index is 1.64. The van der Waals surface area contributed by atoms with Crippen LogP contribution in [0.2, 0.25) is 0 Å². The first-order valence-electron chi connectivity index (χ1n) is 8.75. The van der Waals surface area contributed by atoms with Crippen molar-refractivity contribution in [1.82, 2.24) is 0 Å². The average Bonchev–Trinajstić information content (AvgIpc) is 2.79. The number of fused-ring (bicyclic) bond motifs is 5. The Morgan fingerprint density at radius 3 is 2.68 bits per heavy atom. The van der Waals surface area contributed by atoms with Crippen LogP contribution in [0.3, 0.4) is 0 Å². The molecule has 0 N–H and O–H groups in total. The van der Waals surface area contributed by atoms with Gasteiger partial charge in [-0.15, -0.1) is 0 Å². The number of hydrogen-bond acceptors (Lipinski definition) is 1. The fraction of sp³-hybridized carbons (Fsp3) is 1.00. The summed E-state index contributed by atoms with van der Waals surface area (Å²) in [5.41, 5.74) is 1.19. The molecule has 1 heteroatoms. The highest BCUT2D eigenvalue weighted by Gasteiger charge is 2.57. The van der Waals surface area contributed by atoms with Gasteiger partial charge < -0.3 is 4.74 Å². The van der Waals surface area contributed by atoms with Crippen molar-refractivity contribution in [3.05, 3.63) is 0 Å². The fourth-order valence-electron chi connectivity index (χ4n) is 6.54. The van der Waals surface area contributed by atoms with E-state index in [0.29, 0.717) is 16.9 Å². The molecule has 19 heavy (non-hydrogen) atoms. The van der Waals surface area contributed by atoms with E-state index in [1.807, 2.05) is 0 Å². The highest BCUT2D eigenvalue weighted by molar-refractivity contribution is 5.07. The smallest absolute Gasteiger partial charge is 0.0660 e. The van der Waals surface area contributed by atoms with E-state index in [9.17, 15) is 0 Å². The summed E-state index contributed by atoms with van der Waals surface area (Å²) in [4.78, 5) is 0. The van der Waals surface area contributed by atoms with E-state index in [0.717, 1.165) is 24.4 Å². The van der Waals surface area contributed by atoms with Crippen molar-refractivity contribution in [3.63, 3.8) is 0 Å². The number of ether oxygens (including phenoxy) is 1. The second-order valence-electron chi connectivity index (χ2n) is 8.53. The Morgan fingerprint density at radius 1 is 0.895 bits per heavy atom. The second kappa shape index (κ2) is 4.23. The molecule has 0 amide bonds. The van der Waals surface area contributed by atoms with Gasteiger partial charge in [0.2, 0.25) is 0 Å². The standard InChI is InChI=1S/C18H30O/c1-17-10-8-15-14(16(17)19-12-11-17)7-6-13-5-3-4-9-18(13,15)2/h13-16H,3-12H2,1-2H3/t13?,14-,15+,16+,17-,18+/m1/s1. The minimum Gasteiger partial charge on any atom is -0.377 e. The van der Waals surface area contributed by atoms with Crippen molar-refractivity contribution >= 4 is 0 Å². The molecule has 3 aliphatic carbocycles. The molecule has 0 bridgehead atoms. The van der Waals surface area contributed by atoms with E-state index < -0.39 is 0 Å². The molecule has 1 unspecified atom stereocenters. The summed E-state index contributed by atoms with van der Waals surface area (Å²) in [6, 6.07) is 0. The van der Waals surface area contributed by atoms with Gasteiger partial charge >= 0.3 is 0 Å². The van der Waals surface area contributed by atoms with Gasteiger partial charge in [-0.05, 0) is 73.5 Å². The minimum atomic E-state index is 0.527. The molecule has 4 fully saturated rings. The van der Waals surface area contributed by atoms with Crippen LogP contribution in [-0.4, -0.2) is 12.7 Å². The van der Waals surface area contributed by atoms with Crippen molar-refractivity contribution in [2.75, 3.05) is 6.61 Å². The second-order valence-corrected chi connectivity index (χ2v) is 8.53. The maximum Gasteiger partial charge on any atom is 0.0660 e. The fourth-order valence-corrected chi connectivity index (χ4v) is 6.54. The lowest BCUT2D eigenvalue weighted by atomic mass is 9.47. The van der Waals surface area contributed by atoms with Crippen LogP contribution in [0.1, 0.15) is 71.6 Å². The predicted octanol–water partition coefficient (Wildman–Crippen LogP) is 4.80. The predicted molar refractivity (Wildman–Crippen MR) is 78.0 cm³/mol. The van der Waals surface area contributed by atoms with Gasteiger partial charge in [0.15, 0.2) is 0 Å². The summed E-state index contributed by atoms with van der Waals surface area (Å²) in [5, 5.41) is 0. The molecule has 1 nitrogen and oxygen atoms in total. The molecule has 1 saturated heterocycles. The third-order valence-electron chi connectivity index (χ3n) is 7.74. The van der Waals surface area contributed by atoms with Crippen LogP contribution < -0.4 is 0 Å². The molecule has 0 aromatic heterocycles. The van der Waals surface area contributed by atoms with Crippen molar-refractivity contribution in [2.45, 2.75) is 77.7 Å². The largest absolute Gasteiger partial charge is 0.377 e. The zero-order valence-electron chi connectivity index (χ0n) is 12.8. The molecule has 4 aliphatic rings. The molecule has 3 saturated carbocycles. The number of hydrogen-bond donors (Lipinski definition) is 0. The zero-order valence-corrected chi connectivity index (χ0v) is 12.8. The van der Waals surface area contributed by atoms with Crippen LogP contribution in [0.5, 0.6) is 0 Å². The van der Waals surface area contributed by atoms with E-state index >= 15 is 0 Å². The lowest BCUT2D eigenvalue weighted by Crippen LogP contribution is -2.54. The van der Waals surface area contributed by atoms with Crippen LogP contribution in [0.4, 0.5) is 0 Å². The maximum absolute atomic E-state index is 6.25. The molecule has 0 aromatic rings. The average molecular weight is 262 g/mol. The van der Waals surface area contributed by atoms with E-state index in [2.05, 4.69) is 13.8 Å². The first kappa shape index (κ1) is 12.7. The highest BCUT2D eigenvalue weighted by atomic mass is 16.5. The van der Waals surface area contributed by atoms with E-state index in [4.69, 9.17) is 4.74 Å². The van der Waals surface area contributed by atoms with Gasteiger partial charge in [0, 0.05) is 6.61 Å². The lowest BCUT2D eigenvalue weighted by molar-refractivity contribution is -0.133. The van der Waals surface area contributed by atoms with Crippen molar-refractivity contribution < 1.29 is 4.74 Å². The Labute approximate surface area is 118 Å². The molecular formula is C18H30O. The molecule has 1 heterocycles. The van der Waals surface area contributed by atoms with Crippen molar-refractivity contribution in [3.8, 4) is 0 Å². The summed E-state index contributed by atoms with van der Waals surface area (Å²) < 4.78 is 6.25. The van der Waals surface area contributed by atoms with Gasteiger partial charge in [-0.25, -0.2) is 0 Å². The van der Waals surface area contributed by atoms with Crippen LogP contribution in [0.25, 0.3) is 0 Å². The minimum absolute atomic E-state index is 0.527. The highest BCUT2D eigenvalue weighted by Crippen LogP contribution is 2.63. The Hall–Kier alpha value is -0.0400. The van der Waals surface area contributed by atoms with E-state index in [1.54, 1.807) is 0 Å². The molecule has 4 rings (SSSR count). The summed E-state index contributed by atoms with van der Waals surface area (Å²) >= 11 is 0. The quantitative estimate of drug-likeness (QED) is 0.609. The molecule has 108 valence electrons. The van der Waals surface area contributed by atoms with Gasteiger partial charge in [-0.1, -0.05) is 26.7 Å². The summed E-state index contributed by atoms with van der Waals surface area (Å²) in [7, 11) is 0.